The molecule has 3 aromatic heterocycles. The van der Waals surface area contributed by atoms with Gasteiger partial charge in [-0.3, -0.25) is 24.3 Å². The average molecular weight is 406 g/mol. The van der Waals surface area contributed by atoms with Crippen LogP contribution in [0.15, 0.2) is 58.2 Å². The molecule has 0 bridgehead atoms. The summed E-state index contributed by atoms with van der Waals surface area (Å²) in [6.45, 7) is 4.03. The smallest absolute Gasteiger partial charge is 0.270 e. The Morgan fingerprint density at radius 1 is 1.23 bits per heavy atom. The number of hydrogen-bond donors (Lipinski definition) is 0. The van der Waals surface area contributed by atoms with Gasteiger partial charge >= 0.3 is 0 Å². The zero-order chi connectivity index (χ0) is 21.4. The fraction of sp³-hybridized carbons (Fsp3) is 0.190. The highest BCUT2D eigenvalue weighted by atomic mass is 16.6. The highest BCUT2D eigenvalue weighted by molar-refractivity contribution is 5.97. The molecule has 0 fully saturated rings. The summed E-state index contributed by atoms with van der Waals surface area (Å²) >= 11 is 0. The first-order valence-electron chi connectivity index (χ1n) is 9.21. The number of carbonyl (C=O) groups is 1. The van der Waals surface area contributed by atoms with Crippen LogP contribution in [0.1, 0.15) is 27.5 Å². The van der Waals surface area contributed by atoms with E-state index in [1.54, 1.807) is 18.4 Å². The first-order chi connectivity index (χ1) is 14.3. The molecule has 152 valence electrons. The lowest BCUT2D eigenvalue weighted by molar-refractivity contribution is -0.384. The summed E-state index contributed by atoms with van der Waals surface area (Å²) in [6.07, 6.45) is 2.88. The van der Waals surface area contributed by atoms with Gasteiger partial charge in [0.05, 0.1) is 41.5 Å². The van der Waals surface area contributed by atoms with Gasteiger partial charge < -0.3 is 8.98 Å². The van der Waals surface area contributed by atoms with Gasteiger partial charge in [-0.05, 0) is 38.1 Å². The van der Waals surface area contributed by atoms with Gasteiger partial charge in [-0.2, -0.15) is 0 Å². The van der Waals surface area contributed by atoms with E-state index < -0.39 is 10.5 Å². The monoisotopic (exact) mass is 406 g/mol. The Morgan fingerprint density at radius 2 is 2.03 bits per heavy atom. The van der Waals surface area contributed by atoms with E-state index in [-0.39, 0.29) is 23.4 Å². The van der Waals surface area contributed by atoms with Crippen molar-refractivity contribution in [2.75, 3.05) is 0 Å². The first-order valence-corrected chi connectivity index (χ1v) is 9.21. The number of aryl methyl sites for hydroxylation is 1. The van der Waals surface area contributed by atoms with E-state index >= 15 is 0 Å². The van der Waals surface area contributed by atoms with Crippen LogP contribution in [-0.2, 0) is 13.1 Å². The number of Topliss-reactive ketones (excluding diaryl/α,β-unsaturated/α-hetero) is 1. The van der Waals surface area contributed by atoms with Crippen LogP contribution in [0.4, 0.5) is 5.69 Å². The summed E-state index contributed by atoms with van der Waals surface area (Å²) in [5.74, 6) is 0.523. The second kappa shape index (κ2) is 7.43. The van der Waals surface area contributed by atoms with Crippen molar-refractivity contribution in [1.82, 2.24) is 14.1 Å². The van der Waals surface area contributed by atoms with Crippen molar-refractivity contribution < 1.29 is 14.1 Å². The molecule has 0 spiro atoms. The molecule has 0 aliphatic carbocycles. The van der Waals surface area contributed by atoms with Crippen molar-refractivity contribution in [3.63, 3.8) is 0 Å². The molecule has 0 N–H and O–H groups in total. The van der Waals surface area contributed by atoms with Crippen LogP contribution in [0.2, 0.25) is 0 Å². The minimum atomic E-state index is -0.574. The van der Waals surface area contributed by atoms with E-state index in [0.29, 0.717) is 17.6 Å². The standard InChI is InChI=1S/C21H18N4O5/c1-13-8-17(14(2)24(13)10-16-4-3-7-30-16)20(26)11-23-12-22-19-6-5-15(25(28)29)9-18(19)21(23)27/h3-9,12H,10-11H2,1-2H3. The molecule has 0 aliphatic heterocycles. The molecule has 0 unspecified atom stereocenters. The van der Waals surface area contributed by atoms with Crippen molar-refractivity contribution in [1.29, 1.82) is 0 Å². The molecule has 0 aliphatic rings. The van der Waals surface area contributed by atoms with E-state index in [2.05, 4.69) is 4.98 Å². The Bertz CT molecular complexity index is 1330. The molecule has 0 saturated heterocycles. The number of nitro groups is 1. The number of non-ortho nitro benzene ring substituents is 1. The summed E-state index contributed by atoms with van der Waals surface area (Å²) in [7, 11) is 0. The lowest BCUT2D eigenvalue weighted by Crippen LogP contribution is -2.25. The zero-order valence-electron chi connectivity index (χ0n) is 16.4. The number of ketones is 1. The van der Waals surface area contributed by atoms with E-state index in [1.165, 1.54) is 29.1 Å². The molecule has 4 rings (SSSR count). The van der Waals surface area contributed by atoms with E-state index in [1.807, 2.05) is 24.5 Å². The predicted molar refractivity (Wildman–Crippen MR) is 109 cm³/mol. The second-order valence-electron chi connectivity index (χ2n) is 7.01. The third-order valence-corrected chi connectivity index (χ3v) is 5.10. The molecule has 0 saturated carbocycles. The van der Waals surface area contributed by atoms with Crippen molar-refractivity contribution in [2.45, 2.75) is 26.9 Å². The predicted octanol–water partition coefficient (Wildman–Crippen LogP) is 3.25. The number of hydrogen-bond acceptors (Lipinski definition) is 6. The number of furan rings is 1. The minimum absolute atomic E-state index is 0.0998. The molecule has 9 heteroatoms. The third-order valence-electron chi connectivity index (χ3n) is 5.10. The van der Waals surface area contributed by atoms with Gasteiger partial charge in [0.1, 0.15) is 5.76 Å². The SMILES string of the molecule is Cc1cc(C(=O)Cn2cnc3ccc([N+](=O)[O-])cc3c2=O)c(C)n1Cc1ccco1. The van der Waals surface area contributed by atoms with E-state index in [4.69, 9.17) is 4.42 Å². The molecule has 4 aromatic rings. The fourth-order valence-corrected chi connectivity index (χ4v) is 3.50. The maximum atomic E-state index is 12.9. The van der Waals surface area contributed by atoms with Crippen LogP contribution in [0.3, 0.4) is 0 Å². The Kier molecular flexibility index (Phi) is 4.78. The number of nitro benzene ring substituents is 1. The quantitative estimate of drug-likeness (QED) is 0.276. The molecular weight excluding hydrogens is 388 g/mol. The van der Waals surface area contributed by atoms with Crippen LogP contribution in [0.5, 0.6) is 0 Å². The van der Waals surface area contributed by atoms with Crippen molar-refractivity contribution in [3.8, 4) is 0 Å². The van der Waals surface area contributed by atoms with E-state index in [0.717, 1.165) is 17.1 Å². The van der Waals surface area contributed by atoms with E-state index in [9.17, 15) is 19.7 Å². The van der Waals surface area contributed by atoms with Crippen molar-refractivity contribution >= 4 is 22.4 Å². The number of benzene rings is 1. The Hall–Kier alpha value is -4.01. The molecular formula is C21H18N4O5. The van der Waals surface area contributed by atoms with Gasteiger partial charge in [0, 0.05) is 29.1 Å². The van der Waals surface area contributed by atoms with Gasteiger partial charge in [-0.1, -0.05) is 0 Å². The van der Waals surface area contributed by atoms with Gasteiger partial charge in [-0.25, -0.2) is 4.98 Å². The van der Waals surface area contributed by atoms with Crippen LogP contribution in [-0.4, -0.2) is 24.8 Å². The molecule has 9 nitrogen and oxygen atoms in total. The van der Waals surface area contributed by atoms with Crippen LogP contribution in [0.25, 0.3) is 10.9 Å². The fourth-order valence-electron chi connectivity index (χ4n) is 3.50. The number of carbonyl (C=O) groups excluding carboxylic acids is 1. The summed E-state index contributed by atoms with van der Waals surface area (Å²) < 4.78 is 8.53. The van der Waals surface area contributed by atoms with Crippen LogP contribution < -0.4 is 5.56 Å². The van der Waals surface area contributed by atoms with Crippen LogP contribution in [0, 0.1) is 24.0 Å². The topological polar surface area (TPSA) is 113 Å². The molecule has 0 atom stereocenters. The van der Waals surface area contributed by atoms with Crippen LogP contribution >= 0.6 is 0 Å². The summed E-state index contributed by atoms with van der Waals surface area (Å²) in [4.78, 5) is 40.3. The molecule has 30 heavy (non-hydrogen) atoms. The lowest BCUT2D eigenvalue weighted by atomic mass is 10.1. The lowest BCUT2D eigenvalue weighted by Gasteiger charge is -2.09. The maximum absolute atomic E-state index is 12.9. The molecule has 0 amide bonds. The largest absolute Gasteiger partial charge is 0.467 e. The van der Waals surface area contributed by atoms with Gasteiger partial charge in [0.15, 0.2) is 5.78 Å². The number of nitrogens with zero attached hydrogens (tertiary/aromatic N) is 4. The molecule has 0 radical (unpaired) electrons. The van der Waals surface area contributed by atoms with Crippen molar-refractivity contribution in [2.24, 2.45) is 0 Å². The normalized spacial score (nSPS) is 11.1. The zero-order valence-corrected chi connectivity index (χ0v) is 16.4. The van der Waals surface area contributed by atoms with Gasteiger partial charge in [0.25, 0.3) is 11.2 Å². The summed E-state index contributed by atoms with van der Waals surface area (Å²) in [5, 5.41) is 11.1. The summed E-state index contributed by atoms with van der Waals surface area (Å²) in [6, 6.07) is 9.34. The highest BCUT2D eigenvalue weighted by Crippen LogP contribution is 2.19. The van der Waals surface area contributed by atoms with Gasteiger partial charge in [-0.15, -0.1) is 0 Å². The Labute approximate surface area is 170 Å². The third kappa shape index (κ3) is 3.41. The number of aromatic nitrogens is 3. The highest BCUT2D eigenvalue weighted by Gasteiger charge is 2.18. The first kappa shape index (κ1) is 19.3. The number of fused-ring (bicyclic) bond motifs is 1. The molecule has 3 heterocycles. The Balaban J connectivity index is 1.66. The molecule has 1 aromatic carbocycles. The second-order valence-corrected chi connectivity index (χ2v) is 7.01. The average Bonchev–Trinajstić information content (AvgIpc) is 3.33. The Morgan fingerprint density at radius 3 is 2.73 bits per heavy atom. The number of rotatable bonds is 6. The van der Waals surface area contributed by atoms with Crippen molar-refractivity contribution in [3.05, 3.63) is 92.2 Å². The maximum Gasteiger partial charge on any atom is 0.270 e. The van der Waals surface area contributed by atoms with Gasteiger partial charge in [0.2, 0.25) is 0 Å². The summed E-state index contributed by atoms with van der Waals surface area (Å²) in [5.41, 5.74) is 1.81. The minimum Gasteiger partial charge on any atom is -0.467 e.